The van der Waals surface area contributed by atoms with Gasteiger partial charge in [-0.25, -0.2) is 0 Å². The maximum absolute atomic E-state index is 12.2. The van der Waals surface area contributed by atoms with Crippen LogP contribution >= 0.6 is 0 Å². The first kappa shape index (κ1) is 16.5. The molecule has 2 atom stereocenters. The molecule has 0 saturated carbocycles. The summed E-state index contributed by atoms with van der Waals surface area (Å²) < 4.78 is 0. The molecule has 0 aliphatic carbocycles. The predicted octanol–water partition coefficient (Wildman–Crippen LogP) is 0.670. The lowest BCUT2D eigenvalue weighted by molar-refractivity contribution is -0.150. The van der Waals surface area contributed by atoms with Gasteiger partial charge in [0.2, 0.25) is 11.8 Å². The van der Waals surface area contributed by atoms with Gasteiger partial charge in [0.1, 0.15) is 0 Å². The van der Waals surface area contributed by atoms with E-state index in [1.54, 1.807) is 37.7 Å². The minimum absolute atomic E-state index is 0.0266. The molecule has 6 heteroatoms. The van der Waals surface area contributed by atoms with Crippen molar-refractivity contribution in [3.63, 3.8) is 0 Å². The zero-order valence-corrected chi connectivity index (χ0v) is 12.6. The van der Waals surface area contributed by atoms with Crippen molar-refractivity contribution in [2.24, 2.45) is 17.8 Å². The summed E-state index contributed by atoms with van der Waals surface area (Å²) in [5.41, 5.74) is 0. The Morgan fingerprint density at radius 3 is 2.00 bits per heavy atom. The second-order valence-corrected chi connectivity index (χ2v) is 5.75. The van der Waals surface area contributed by atoms with E-state index in [4.69, 9.17) is 5.11 Å². The maximum Gasteiger partial charge on any atom is 0.307 e. The smallest absolute Gasteiger partial charge is 0.307 e. The molecule has 2 amide bonds. The molecule has 0 aromatic heterocycles. The number of likely N-dealkylation sites (tertiary alicyclic amines) is 1. The van der Waals surface area contributed by atoms with Gasteiger partial charge >= 0.3 is 5.97 Å². The quantitative estimate of drug-likeness (QED) is 0.823. The molecule has 1 fully saturated rings. The van der Waals surface area contributed by atoms with E-state index in [2.05, 4.69) is 0 Å². The average Bonchev–Trinajstić information content (AvgIpc) is 2.44. The van der Waals surface area contributed by atoms with Crippen molar-refractivity contribution < 1.29 is 19.5 Å². The van der Waals surface area contributed by atoms with E-state index in [0.717, 1.165) is 0 Å². The van der Waals surface area contributed by atoms with Crippen LogP contribution in [0.25, 0.3) is 0 Å². The fourth-order valence-corrected chi connectivity index (χ4v) is 2.43. The van der Waals surface area contributed by atoms with Crippen molar-refractivity contribution in [2.45, 2.75) is 26.7 Å². The monoisotopic (exact) mass is 284 g/mol. The summed E-state index contributed by atoms with van der Waals surface area (Å²) >= 11 is 0. The molecule has 1 heterocycles. The number of hydrogen-bond acceptors (Lipinski definition) is 3. The molecule has 1 rings (SSSR count). The molecule has 1 N–H and O–H groups in total. The van der Waals surface area contributed by atoms with Crippen molar-refractivity contribution >= 4 is 17.8 Å². The third-order valence-electron chi connectivity index (χ3n) is 4.13. The second kappa shape index (κ2) is 6.72. The van der Waals surface area contributed by atoms with Gasteiger partial charge in [-0.2, -0.15) is 0 Å². The van der Waals surface area contributed by atoms with Crippen LogP contribution in [0.3, 0.4) is 0 Å². The summed E-state index contributed by atoms with van der Waals surface area (Å²) in [6.45, 7) is 4.25. The van der Waals surface area contributed by atoms with Gasteiger partial charge in [-0.15, -0.1) is 0 Å². The van der Waals surface area contributed by atoms with Gasteiger partial charge in [0.25, 0.3) is 0 Å². The molecule has 1 aliphatic rings. The number of carboxylic acid groups (broad SMARTS) is 1. The summed E-state index contributed by atoms with van der Waals surface area (Å²) in [6, 6.07) is 0. The zero-order valence-electron chi connectivity index (χ0n) is 12.6. The van der Waals surface area contributed by atoms with E-state index < -0.39 is 17.8 Å². The Kier molecular flexibility index (Phi) is 5.53. The molecule has 1 saturated heterocycles. The van der Waals surface area contributed by atoms with Gasteiger partial charge in [-0.3, -0.25) is 14.4 Å². The van der Waals surface area contributed by atoms with Crippen LogP contribution in [-0.2, 0) is 14.4 Å². The lowest BCUT2D eigenvalue weighted by Crippen LogP contribution is -2.46. The highest BCUT2D eigenvalue weighted by Crippen LogP contribution is 2.22. The Hall–Kier alpha value is -1.59. The highest BCUT2D eigenvalue weighted by Gasteiger charge is 2.33. The summed E-state index contributed by atoms with van der Waals surface area (Å²) in [5, 5.41) is 8.95. The molecule has 0 aromatic carbocycles. The molecule has 2 unspecified atom stereocenters. The number of amides is 2. The lowest BCUT2D eigenvalue weighted by atomic mass is 9.91. The number of hydrogen-bond donors (Lipinski definition) is 1. The third-order valence-corrected chi connectivity index (χ3v) is 4.13. The maximum atomic E-state index is 12.2. The highest BCUT2D eigenvalue weighted by atomic mass is 16.4. The molecule has 0 spiro atoms. The number of aliphatic carboxylic acids is 1. The van der Waals surface area contributed by atoms with Crippen LogP contribution in [0.4, 0.5) is 0 Å². The van der Waals surface area contributed by atoms with Crippen molar-refractivity contribution in [2.75, 3.05) is 27.2 Å². The second-order valence-electron chi connectivity index (χ2n) is 5.75. The van der Waals surface area contributed by atoms with Crippen LogP contribution in [0.1, 0.15) is 26.7 Å². The number of carbonyl (C=O) groups excluding carboxylic acids is 2. The molecule has 0 aromatic rings. The summed E-state index contributed by atoms with van der Waals surface area (Å²) in [6.07, 6.45) is 1.30. The predicted molar refractivity (Wildman–Crippen MR) is 74.0 cm³/mol. The average molecular weight is 284 g/mol. The number of nitrogens with zero attached hydrogens (tertiary/aromatic N) is 2. The standard InChI is InChI=1S/C14H24N2O4/c1-9(10(2)14(19)20)12(17)16-7-5-11(6-8-16)13(18)15(3)4/h9-11H,5-8H2,1-4H3,(H,19,20). The van der Waals surface area contributed by atoms with E-state index in [1.807, 2.05) is 0 Å². The molecular weight excluding hydrogens is 260 g/mol. The van der Waals surface area contributed by atoms with Crippen molar-refractivity contribution in [1.82, 2.24) is 9.80 Å². The van der Waals surface area contributed by atoms with E-state index in [9.17, 15) is 14.4 Å². The van der Waals surface area contributed by atoms with Crippen LogP contribution < -0.4 is 0 Å². The van der Waals surface area contributed by atoms with Crippen molar-refractivity contribution in [3.8, 4) is 0 Å². The van der Waals surface area contributed by atoms with Crippen LogP contribution in [0.2, 0.25) is 0 Å². The molecule has 20 heavy (non-hydrogen) atoms. The van der Waals surface area contributed by atoms with Gasteiger partial charge in [0, 0.05) is 39.0 Å². The van der Waals surface area contributed by atoms with Crippen molar-refractivity contribution in [1.29, 1.82) is 0 Å². The molecule has 6 nitrogen and oxygen atoms in total. The lowest BCUT2D eigenvalue weighted by Gasteiger charge is -2.34. The van der Waals surface area contributed by atoms with Crippen molar-refractivity contribution in [3.05, 3.63) is 0 Å². The van der Waals surface area contributed by atoms with E-state index in [0.29, 0.717) is 25.9 Å². The topological polar surface area (TPSA) is 77.9 Å². The molecule has 114 valence electrons. The summed E-state index contributed by atoms with van der Waals surface area (Å²) in [4.78, 5) is 38.3. The van der Waals surface area contributed by atoms with E-state index in [-0.39, 0.29) is 17.7 Å². The van der Waals surface area contributed by atoms with Crippen LogP contribution in [0, 0.1) is 17.8 Å². The third kappa shape index (κ3) is 3.71. The van der Waals surface area contributed by atoms with Crippen LogP contribution in [0.15, 0.2) is 0 Å². The molecular formula is C14H24N2O4. The Morgan fingerprint density at radius 2 is 1.60 bits per heavy atom. The SMILES string of the molecule is CC(C(=O)O)C(C)C(=O)N1CCC(C(=O)N(C)C)CC1. The summed E-state index contributed by atoms with van der Waals surface area (Å²) in [7, 11) is 3.47. The minimum Gasteiger partial charge on any atom is -0.481 e. The molecule has 0 radical (unpaired) electrons. The van der Waals surface area contributed by atoms with Gasteiger partial charge in [0.05, 0.1) is 5.92 Å². The largest absolute Gasteiger partial charge is 0.481 e. The fourth-order valence-electron chi connectivity index (χ4n) is 2.43. The van der Waals surface area contributed by atoms with Crippen LogP contribution in [0.5, 0.6) is 0 Å². The van der Waals surface area contributed by atoms with E-state index >= 15 is 0 Å². The fraction of sp³-hybridized carbons (Fsp3) is 0.786. The Labute approximate surface area is 119 Å². The Morgan fingerprint density at radius 1 is 1.10 bits per heavy atom. The van der Waals surface area contributed by atoms with Crippen LogP contribution in [-0.4, -0.2) is 59.9 Å². The number of piperidine rings is 1. The van der Waals surface area contributed by atoms with Gasteiger partial charge < -0.3 is 14.9 Å². The first-order valence-corrected chi connectivity index (χ1v) is 6.98. The van der Waals surface area contributed by atoms with Gasteiger partial charge in [0.15, 0.2) is 0 Å². The zero-order chi connectivity index (χ0) is 15.4. The first-order chi connectivity index (χ1) is 9.25. The Bertz CT molecular complexity index is 387. The normalized spacial score (nSPS) is 19.3. The first-order valence-electron chi connectivity index (χ1n) is 6.98. The minimum atomic E-state index is -0.955. The molecule has 1 aliphatic heterocycles. The Balaban J connectivity index is 2.55. The van der Waals surface area contributed by atoms with Gasteiger partial charge in [-0.05, 0) is 12.8 Å². The molecule has 0 bridgehead atoms. The van der Waals surface area contributed by atoms with E-state index in [1.165, 1.54) is 0 Å². The van der Waals surface area contributed by atoms with Gasteiger partial charge in [-0.1, -0.05) is 13.8 Å². The number of rotatable bonds is 4. The number of carbonyl (C=O) groups is 3. The summed E-state index contributed by atoms with van der Waals surface area (Å²) in [5.74, 6) is -2.23. The number of carboxylic acids is 1. The highest BCUT2D eigenvalue weighted by molar-refractivity contribution is 5.84.